The predicted octanol–water partition coefficient (Wildman–Crippen LogP) is 4.27. The van der Waals surface area contributed by atoms with Crippen molar-refractivity contribution in [3.05, 3.63) is 63.9 Å². The van der Waals surface area contributed by atoms with Gasteiger partial charge in [0.1, 0.15) is 5.82 Å². The van der Waals surface area contributed by atoms with E-state index in [4.69, 9.17) is 16.9 Å². The first-order valence-electron chi connectivity index (χ1n) is 5.78. The zero-order valence-corrected chi connectivity index (χ0v) is 11.1. The Hall–Kier alpha value is -2.05. The number of nitriles is 1. The second-order valence-electron chi connectivity index (χ2n) is 4.26. The van der Waals surface area contributed by atoms with Crippen LogP contribution in [0, 0.1) is 24.1 Å². The second kappa shape index (κ2) is 5.73. The number of nitrogens with one attached hydrogen (secondary N) is 1. The number of nitrogens with zero attached hydrogens (tertiary/aromatic N) is 1. The van der Waals surface area contributed by atoms with Gasteiger partial charge in [-0.3, -0.25) is 0 Å². The van der Waals surface area contributed by atoms with Crippen molar-refractivity contribution in [2.75, 3.05) is 5.32 Å². The number of benzene rings is 2. The minimum Gasteiger partial charge on any atom is -0.381 e. The van der Waals surface area contributed by atoms with E-state index in [-0.39, 0.29) is 5.82 Å². The lowest BCUT2D eigenvalue weighted by molar-refractivity contribution is 0.628. The SMILES string of the molecule is Cc1cc(C#N)ccc1CNc1cc(F)cc(Cl)c1. The fourth-order valence-corrected chi connectivity index (χ4v) is 2.04. The van der Waals surface area contributed by atoms with E-state index in [1.54, 1.807) is 12.1 Å². The third kappa shape index (κ3) is 3.46. The lowest BCUT2D eigenvalue weighted by Crippen LogP contribution is -2.02. The molecule has 0 aromatic heterocycles. The maximum atomic E-state index is 13.2. The average Bonchev–Trinajstić information content (AvgIpc) is 2.36. The molecule has 0 fully saturated rings. The summed E-state index contributed by atoms with van der Waals surface area (Å²) in [7, 11) is 0. The van der Waals surface area contributed by atoms with Crippen molar-refractivity contribution in [2.45, 2.75) is 13.5 Å². The van der Waals surface area contributed by atoms with E-state index in [0.717, 1.165) is 11.1 Å². The van der Waals surface area contributed by atoms with Crippen molar-refractivity contribution in [1.29, 1.82) is 5.26 Å². The molecule has 0 aliphatic heterocycles. The molecule has 0 saturated heterocycles. The van der Waals surface area contributed by atoms with Crippen molar-refractivity contribution in [3.63, 3.8) is 0 Å². The summed E-state index contributed by atoms with van der Waals surface area (Å²) in [5.74, 6) is -0.369. The van der Waals surface area contributed by atoms with E-state index in [9.17, 15) is 4.39 Å². The summed E-state index contributed by atoms with van der Waals surface area (Å²) in [5, 5.41) is 12.3. The molecule has 2 nitrogen and oxygen atoms in total. The van der Waals surface area contributed by atoms with Crippen LogP contribution in [-0.4, -0.2) is 0 Å². The van der Waals surface area contributed by atoms with E-state index in [0.29, 0.717) is 22.8 Å². The van der Waals surface area contributed by atoms with Crippen LogP contribution < -0.4 is 5.32 Å². The molecule has 1 N–H and O–H groups in total. The van der Waals surface area contributed by atoms with Gasteiger partial charge in [0.2, 0.25) is 0 Å². The normalized spacial score (nSPS) is 10.0. The Morgan fingerprint density at radius 3 is 2.68 bits per heavy atom. The highest BCUT2D eigenvalue weighted by molar-refractivity contribution is 6.30. The smallest absolute Gasteiger partial charge is 0.126 e. The van der Waals surface area contributed by atoms with Gasteiger partial charge in [-0.15, -0.1) is 0 Å². The number of aryl methyl sites for hydroxylation is 1. The first kappa shape index (κ1) is 13.4. The molecule has 0 atom stereocenters. The second-order valence-corrected chi connectivity index (χ2v) is 4.70. The van der Waals surface area contributed by atoms with Crippen LogP contribution in [0.25, 0.3) is 0 Å². The molecule has 0 radical (unpaired) electrons. The summed E-state index contributed by atoms with van der Waals surface area (Å²) < 4.78 is 13.2. The lowest BCUT2D eigenvalue weighted by Gasteiger charge is -2.10. The van der Waals surface area contributed by atoms with Crippen LogP contribution in [0.15, 0.2) is 36.4 Å². The molecular formula is C15H12ClFN2. The van der Waals surface area contributed by atoms with Crippen LogP contribution in [0.3, 0.4) is 0 Å². The Morgan fingerprint density at radius 1 is 1.26 bits per heavy atom. The van der Waals surface area contributed by atoms with Gasteiger partial charge in [0.25, 0.3) is 0 Å². The predicted molar refractivity (Wildman–Crippen MR) is 74.6 cm³/mol. The van der Waals surface area contributed by atoms with Gasteiger partial charge in [0.05, 0.1) is 11.6 Å². The largest absolute Gasteiger partial charge is 0.381 e. The first-order chi connectivity index (χ1) is 9.08. The molecule has 4 heteroatoms. The maximum Gasteiger partial charge on any atom is 0.126 e. The highest BCUT2D eigenvalue weighted by Crippen LogP contribution is 2.19. The highest BCUT2D eigenvalue weighted by atomic mass is 35.5. The molecule has 19 heavy (non-hydrogen) atoms. The maximum absolute atomic E-state index is 13.2. The fraction of sp³-hybridized carbons (Fsp3) is 0.133. The van der Waals surface area contributed by atoms with E-state index in [1.807, 2.05) is 19.1 Å². The van der Waals surface area contributed by atoms with Crippen molar-refractivity contribution in [3.8, 4) is 6.07 Å². The summed E-state index contributed by atoms with van der Waals surface area (Å²) in [6, 6.07) is 11.9. The van der Waals surface area contributed by atoms with Crippen molar-refractivity contribution >= 4 is 17.3 Å². The van der Waals surface area contributed by atoms with Crippen LogP contribution in [0.1, 0.15) is 16.7 Å². The molecule has 2 aromatic rings. The Morgan fingerprint density at radius 2 is 2.05 bits per heavy atom. The van der Waals surface area contributed by atoms with Crippen LogP contribution in [0.5, 0.6) is 0 Å². The number of rotatable bonds is 3. The van der Waals surface area contributed by atoms with Gasteiger partial charge in [-0.25, -0.2) is 4.39 Å². The number of halogens is 2. The molecule has 0 amide bonds. The van der Waals surface area contributed by atoms with Crippen LogP contribution >= 0.6 is 11.6 Å². The third-order valence-corrected chi connectivity index (χ3v) is 3.04. The first-order valence-corrected chi connectivity index (χ1v) is 6.16. The van der Waals surface area contributed by atoms with Gasteiger partial charge in [-0.1, -0.05) is 17.7 Å². The van der Waals surface area contributed by atoms with Crippen molar-refractivity contribution in [1.82, 2.24) is 0 Å². The molecule has 0 unspecified atom stereocenters. The van der Waals surface area contributed by atoms with Crippen LogP contribution in [-0.2, 0) is 6.54 Å². The molecule has 0 aliphatic carbocycles. The molecule has 0 spiro atoms. The van der Waals surface area contributed by atoms with Gasteiger partial charge in [-0.2, -0.15) is 5.26 Å². The molecule has 96 valence electrons. The summed E-state index contributed by atoms with van der Waals surface area (Å²) in [5.41, 5.74) is 3.34. The van der Waals surface area contributed by atoms with Crippen molar-refractivity contribution in [2.24, 2.45) is 0 Å². The molecular weight excluding hydrogens is 263 g/mol. The van der Waals surface area contributed by atoms with E-state index in [2.05, 4.69) is 11.4 Å². The summed E-state index contributed by atoms with van der Waals surface area (Å²) >= 11 is 5.79. The molecule has 0 aliphatic rings. The minimum atomic E-state index is -0.369. The summed E-state index contributed by atoms with van der Waals surface area (Å²) in [4.78, 5) is 0. The highest BCUT2D eigenvalue weighted by Gasteiger charge is 2.02. The van der Waals surface area contributed by atoms with E-state index in [1.165, 1.54) is 12.1 Å². The van der Waals surface area contributed by atoms with Crippen LogP contribution in [0.4, 0.5) is 10.1 Å². The number of anilines is 1. The molecule has 2 rings (SSSR count). The molecule has 2 aromatic carbocycles. The molecule has 0 bridgehead atoms. The Kier molecular flexibility index (Phi) is 4.03. The van der Waals surface area contributed by atoms with Gasteiger partial charge in [0.15, 0.2) is 0 Å². The third-order valence-electron chi connectivity index (χ3n) is 2.82. The monoisotopic (exact) mass is 274 g/mol. The average molecular weight is 275 g/mol. The summed E-state index contributed by atoms with van der Waals surface area (Å²) in [6.07, 6.45) is 0. The quantitative estimate of drug-likeness (QED) is 0.907. The number of hydrogen-bond acceptors (Lipinski definition) is 2. The Bertz CT molecular complexity index is 627. The number of hydrogen-bond donors (Lipinski definition) is 1. The van der Waals surface area contributed by atoms with Crippen molar-refractivity contribution < 1.29 is 4.39 Å². The summed E-state index contributed by atoms with van der Waals surface area (Å²) in [6.45, 7) is 2.49. The zero-order valence-electron chi connectivity index (χ0n) is 10.4. The zero-order chi connectivity index (χ0) is 13.8. The van der Waals surface area contributed by atoms with E-state index < -0.39 is 0 Å². The standard InChI is InChI=1S/C15H12ClFN2/c1-10-4-11(8-18)2-3-12(10)9-19-15-6-13(16)5-14(17)7-15/h2-7,19H,9H2,1H3. The fourth-order valence-electron chi connectivity index (χ4n) is 1.82. The van der Waals surface area contributed by atoms with Gasteiger partial charge in [0, 0.05) is 17.3 Å². The lowest BCUT2D eigenvalue weighted by atomic mass is 10.1. The topological polar surface area (TPSA) is 35.8 Å². The van der Waals surface area contributed by atoms with Gasteiger partial charge in [-0.05, 0) is 48.4 Å². The van der Waals surface area contributed by atoms with Crippen LogP contribution in [0.2, 0.25) is 5.02 Å². The molecule has 0 heterocycles. The Balaban J connectivity index is 2.12. The minimum absolute atomic E-state index is 0.360. The Labute approximate surface area is 116 Å². The van der Waals surface area contributed by atoms with Gasteiger partial charge < -0.3 is 5.32 Å². The molecule has 0 saturated carbocycles. The van der Waals surface area contributed by atoms with E-state index >= 15 is 0 Å². The van der Waals surface area contributed by atoms with Gasteiger partial charge >= 0.3 is 0 Å².